The molecule has 0 atom stereocenters. The third-order valence-corrected chi connectivity index (χ3v) is 5.63. The SMILES string of the molecule is CC(C)NCC1(c2cccc(F)c2)CC2(CCCCC2)C1. The van der Waals surface area contributed by atoms with Crippen LogP contribution in [0.25, 0.3) is 0 Å². The standard InChI is InChI=1S/C19H28FN/c1-15(2)21-14-19(16-7-6-8-17(20)11-16)12-18(13-19)9-4-3-5-10-18/h6-8,11,15,21H,3-5,9-10,12-14H2,1-2H3. The van der Waals surface area contributed by atoms with Crippen molar-refractivity contribution in [3.05, 3.63) is 35.6 Å². The van der Waals surface area contributed by atoms with Gasteiger partial charge < -0.3 is 5.32 Å². The Balaban J connectivity index is 1.80. The van der Waals surface area contributed by atoms with Crippen LogP contribution in [0.1, 0.15) is 64.4 Å². The number of hydrogen-bond donors (Lipinski definition) is 1. The zero-order valence-corrected chi connectivity index (χ0v) is 13.4. The summed E-state index contributed by atoms with van der Waals surface area (Å²) in [5.41, 5.74) is 1.92. The van der Waals surface area contributed by atoms with E-state index in [9.17, 15) is 4.39 Å². The Kier molecular flexibility index (Phi) is 4.09. The first-order valence-corrected chi connectivity index (χ1v) is 8.53. The summed E-state index contributed by atoms with van der Waals surface area (Å²) in [6.07, 6.45) is 9.41. The molecule has 3 rings (SSSR count). The predicted octanol–water partition coefficient (Wildman–Crippen LogP) is 4.81. The Morgan fingerprint density at radius 3 is 2.48 bits per heavy atom. The maximum absolute atomic E-state index is 13.7. The van der Waals surface area contributed by atoms with Gasteiger partial charge in [-0.25, -0.2) is 4.39 Å². The zero-order valence-electron chi connectivity index (χ0n) is 13.4. The minimum Gasteiger partial charge on any atom is -0.314 e. The molecule has 0 heterocycles. The van der Waals surface area contributed by atoms with Crippen molar-refractivity contribution in [2.24, 2.45) is 5.41 Å². The number of benzene rings is 1. The second kappa shape index (κ2) is 5.72. The maximum atomic E-state index is 13.7. The van der Waals surface area contributed by atoms with Crippen LogP contribution < -0.4 is 5.32 Å². The van der Waals surface area contributed by atoms with E-state index in [1.165, 1.54) is 50.5 Å². The fraction of sp³-hybridized carbons (Fsp3) is 0.684. The molecule has 0 amide bonds. The first-order valence-electron chi connectivity index (χ1n) is 8.53. The fourth-order valence-corrected chi connectivity index (χ4v) is 4.69. The van der Waals surface area contributed by atoms with Crippen LogP contribution in [0.15, 0.2) is 24.3 Å². The van der Waals surface area contributed by atoms with Gasteiger partial charge in [0.25, 0.3) is 0 Å². The Labute approximate surface area is 128 Å². The maximum Gasteiger partial charge on any atom is 0.123 e. The lowest BCUT2D eigenvalue weighted by Crippen LogP contribution is -2.56. The molecule has 1 aromatic carbocycles. The van der Waals surface area contributed by atoms with Gasteiger partial charge in [-0.15, -0.1) is 0 Å². The van der Waals surface area contributed by atoms with Crippen LogP contribution >= 0.6 is 0 Å². The monoisotopic (exact) mass is 289 g/mol. The average molecular weight is 289 g/mol. The van der Waals surface area contributed by atoms with Crippen molar-refractivity contribution < 1.29 is 4.39 Å². The highest BCUT2D eigenvalue weighted by atomic mass is 19.1. The molecule has 116 valence electrons. The lowest BCUT2D eigenvalue weighted by molar-refractivity contribution is -0.0137. The Morgan fingerprint density at radius 2 is 1.86 bits per heavy atom. The Morgan fingerprint density at radius 1 is 1.14 bits per heavy atom. The molecule has 2 heteroatoms. The predicted molar refractivity (Wildman–Crippen MR) is 86.0 cm³/mol. The van der Waals surface area contributed by atoms with Crippen LogP contribution in [-0.2, 0) is 5.41 Å². The van der Waals surface area contributed by atoms with E-state index in [1.54, 1.807) is 12.1 Å². The van der Waals surface area contributed by atoms with E-state index in [2.05, 4.69) is 25.2 Å². The Hall–Kier alpha value is -0.890. The smallest absolute Gasteiger partial charge is 0.123 e. The van der Waals surface area contributed by atoms with Crippen molar-refractivity contribution in [1.29, 1.82) is 0 Å². The summed E-state index contributed by atoms with van der Waals surface area (Å²) in [7, 11) is 0. The van der Waals surface area contributed by atoms with Crippen LogP contribution in [-0.4, -0.2) is 12.6 Å². The lowest BCUT2D eigenvalue weighted by atomic mass is 9.46. The third-order valence-electron chi connectivity index (χ3n) is 5.63. The van der Waals surface area contributed by atoms with E-state index in [4.69, 9.17) is 0 Å². The van der Waals surface area contributed by atoms with Gasteiger partial charge in [-0.1, -0.05) is 45.2 Å². The van der Waals surface area contributed by atoms with E-state index >= 15 is 0 Å². The zero-order chi connectivity index (χ0) is 14.9. The first-order chi connectivity index (χ1) is 10.0. The minimum atomic E-state index is -0.0963. The highest BCUT2D eigenvalue weighted by Gasteiger charge is 2.54. The van der Waals surface area contributed by atoms with Gasteiger partial charge in [0.1, 0.15) is 5.82 Å². The van der Waals surface area contributed by atoms with Gasteiger partial charge in [0.2, 0.25) is 0 Å². The molecule has 1 aromatic rings. The normalized spacial score (nSPS) is 23.2. The third kappa shape index (κ3) is 3.01. The molecule has 21 heavy (non-hydrogen) atoms. The van der Waals surface area contributed by atoms with Gasteiger partial charge >= 0.3 is 0 Å². The van der Waals surface area contributed by atoms with Gasteiger partial charge in [-0.2, -0.15) is 0 Å². The highest BCUT2D eigenvalue weighted by Crippen LogP contribution is 2.61. The molecular weight excluding hydrogens is 261 g/mol. The van der Waals surface area contributed by atoms with Gasteiger partial charge in [0.05, 0.1) is 0 Å². The van der Waals surface area contributed by atoms with E-state index < -0.39 is 0 Å². The number of hydrogen-bond acceptors (Lipinski definition) is 1. The van der Waals surface area contributed by atoms with Crippen molar-refractivity contribution >= 4 is 0 Å². The number of halogens is 1. The first kappa shape index (κ1) is 15.0. The van der Waals surface area contributed by atoms with E-state index in [1.807, 2.05) is 6.07 Å². The van der Waals surface area contributed by atoms with Gasteiger partial charge in [0.15, 0.2) is 0 Å². The highest BCUT2D eigenvalue weighted by molar-refractivity contribution is 5.32. The molecule has 0 aliphatic heterocycles. The average Bonchev–Trinajstić information content (AvgIpc) is 2.43. The number of nitrogens with one attached hydrogen (secondary N) is 1. The molecular formula is C19H28FN. The second-order valence-electron chi connectivity index (χ2n) is 7.74. The van der Waals surface area contributed by atoms with E-state index in [-0.39, 0.29) is 11.2 Å². The van der Waals surface area contributed by atoms with Crippen LogP contribution in [0.3, 0.4) is 0 Å². The summed E-state index contributed by atoms with van der Waals surface area (Å²) < 4.78 is 13.7. The molecule has 1 N–H and O–H groups in total. The summed E-state index contributed by atoms with van der Waals surface area (Å²) in [6, 6.07) is 7.80. The molecule has 0 bridgehead atoms. The molecule has 0 aromatic heterocycles. The molecule has 2 aliphatic rings. The minimum absolute atomic E-state index is 0.0963. The fourth-order valence-electron chi connectivity index (χ4n) is 4.69. The van der Waals surface area contributed by atoms with Crippen LogP contribution in [0.2, 0.25) is 0 Å². The van der Waals surface area contributed by atoms with E-state index in [0.29, 0.717) is 11.5 Å². The van der Waals surface area contributed by atoms with Crippen LogP contribution in [0, 0.1) is 11.2 Å². The molecule has 0 unspecified atom stereocenters. The van der Waals surface area contributed by atoms with Gasteiger partial charge in [-0.05, 0) is 48.8 Å². The van der Waals surface area contributed by atoms with Gasteiger partial charge in [-0.3, -0.25) is 0 Å². The molecule has 2 saturated carbocycles. The van der Waals surface area contributed by atoms with Crippen molar-refractivity contribution in [1.82, 2.24) is 5.32 Å². The quantitative estimate of drug-likeness (QED) is 0.839. The molecule has 1 nitrogen and oxygen atoms in total. The summed E-state index contributed by atoms with van der Waals surface area (Å²) in [5, 5.41) is 3.61. The lowest BCUT2D eigenvalue weighted by Gasteiger charge is -2.59. The van der Waals surface area contributed by atoms with Gasteiger partial charge in [0, 0.05) is 18.0 Å². The largest absolute Gasteiger partial charge is 0.314 e. The van der Waals surface area contributed by atoms with Crippen molar-refractivity contribution in [3.63, 3.8) is 0 Å². The van der Waals surface area contributed by atoms with Crippen LogP contribution in [0.4, 0.5) is 4.39 Å². The number of rotatable bonds is 4. The molecule has 1 spiro atoms. The van der Waals surface area contributed by atoms with Crippen LogP contribution in [0.5, 0.6) is 0 Å². The summed E-state index contributed by atoms with van der Waals surface area (Å²) >= 11 is 0. The molecule has 2 fully saturated rings. The van der Waals surface area contributed by atoms with Crippen molar-refractivity contribution in [3.8, 4) is 0 Å². The van der Waals surface area contributed by atoms with Crippen molar-refractivity contribution in [2.75, 3.05) is 6.54 Å². The summed E-state index contributed by atoms with van der Waals surface area (Å²) in [5.74, 6) is -0.0963. The van der Waals surface area contributed by atoms with Crippen molar-refractivity contribution in [2.45, 2.75) is 70.3 Å². The molecule has 2 aliphatic carbocycles. The van der Waals surface area contributed by atoms with E-state index in [0.717, 1.165) is 6.54 Å². The second-order valence-corrected chi connectivity index (χ2v) is 7.74. The summed E-state index contributed by atoms with van der Waals surface area (Å²) in [4.78, 5) is 0. The molecule has 0 radical (unpaired) electrons. The topological polar surface area (TPSA) is 12.0 Å². The Bertz CT molecular complexity index is 480. The summed E-state index contributed by atoms with van der Waals surface area (Å²) in [6.45, 7) is 5.36. The molecule has 0 saturated heterocycles.